The van der Waals surface area contributed by atoms with Crippen LogP contribution in [0.25, 0.3) is 0 Å². The number of nitrogens with zero attached hydrogens (tertiary/aromatic N) is 2. The first-order valence-electron chi connectivity index (χ1n) is 5.41. The van der Waals surface area contributed by atoms with Crippen molar-refractivity contribution in [1.29, 1.82) is 0 Å². The molecule has 4 N–H and O–H groups in total. The van der Waals surface area contributed by atoms with Crippen LogP contribution >= 0.6 is 0 Å². The summed E-state index contributed by atoms with van der Waals surface area (Å²) in [5, 5.41) is 10.9. The van der Waals surface area contributed by atoms with Crippen LogP contribution in [0.3, 0.4) is 0 Å². The Morgan fingerprint density at radius 1 is 1.45 bits per heavy atom. The number of sulfonamides is 1. The van der Waals surface area contributed by atoms with Crippen molar-refractivity contribution in [3.05, 3.63) is 46.5 Å². The lowest BCUT2D eigenvalue weighted by atomic mass is 10.3. The molecule has 9 nitrogen and oxygen atoms in total. The van der Waals surface area contributed by atoms with Gasteiger partial charge in [0.1, 0.15) is 5.69 Å². The van der Waals surface area contributed by atoms with Crippen LogP contribution in [-0.2, 0) is 16.6 Å². The molecule has 0 aliphatic rings. The van der Waals surface area contributed by atoms with Crippen LogP contribution < -0.4 is 10.5 Å². The molecule has 10 heteroatoms. The summed E-state index contributed by atoms with van der Waals surface area (Å²) in [5.74, 6) is 0. The number of hydrogen-bond acceptors (Lipinski definition) is 6. The summed E-state index contributed by atoms with van der Waals surface area (Å²) in [4.78, 5) is 16.1. The Bertz CT molecular complexity index is 726. The molecule has 2 aromatic rings. The van der Waals surface area contributed by atoms with E-state index in [4.69, 9.17) is 5.73 Å². The molecule has 0 fully saturated rings. The molecule has 1 heterocycles. The van der Waals surface area contributed by atoms with Gasteiger partial charge < -0.3 is 10.7 Å². The molecule has 20 heavy (non-hydrogen) atoms. The normalized spacial score (nSPS) is 11.4. The van der Waals surface area contributed by atoms with Gasteiger partial charge in [0.2, 0.25) is 10.0 Å². The van der Waals surface area contributed by atoms with Gasteiger partial charge in [-0.2, -0.15) is 0 Å². The number of nitrogen functional groups attached to an aromatic ring is 1. The number of benzene rings is 1. The first kappa shape index (κ1) is 14.0. The van der Waals surface area contributed by atoms with Gasteiger partial charge in [0.25, 0.3) is 0 Å². The first-order valence-corrected chi connectivity index (χ1v) is 6.90. The fraction of sp³-hybridized carbons (Fsp3) is 0.100. The molecular formula is C10H11N5O4S. The van der Waals surface area contributed by atoms with E-state index in [1.165, 1.54) is 24.7 Å². The Morgan fingerprint density at radius 3 is 2.80 bits per heavy atom. The number of nitro benzene ring substituents is 1. The number of nitro groups is 1. The zero-order valence-corrected chi connectivity index (χ0v) is 10.9. The number of nitrogens with one attached hydrogen (secondary N) is 2. The molecule has 2 rings (SSSR count). The highest BCUT2D eigenvalue weighted by Crippen LogP contribution is 2.29. The summed E-state index contributed by atoms with van der Waals surface area (Å²) in [5.41, 5.74) is 5.14. The lowest BCUT2D eigenvalue weighted by molar-refractivity contribution is -0.386. The monoisotopic (exact) mass is 297 g/mol. The Balaban J connectivity index is 2.34. The molecule has 0 radical (unpaired) electrons. The number of aromatic amines is 1. The van der Waals surface area contributed by atoms with Gasteiger partial charge in [-0.15, -0.1) is 0 Å². The van der Waals surface area contributed by atoms with E-state index in [0.717, 1.165) is 6.07 Å². The SMILES string of the molecule is Nc1cccc(S(=O)(=O)NCc2cnc[nH]2)c1[N+](=O)[O-]. The number of hydrogen-bond donors (Lipinski definition) is 3. The second kappa shape index (κ2) is 5.27. The van der Waals surface area contributed by atoms with E-state index < -0.39 is 25.5 Å². The van der Waals surface area contributed by atoms with Gasteiger partial charge in [-0.3, -0.25) is 10.1 Å². The molecule has 0 aliphatic carbocycles. The smallest absolute Gasteiger partial charge is 0.312 e. The predicted molar refractivity (Wildman–Crippen MR) is 70.1 cm³/mol. The Kier molecular flexibility index (Phi) is 3.68. The third kappa shape index (κ3) is 2.75. The van der Waals surface area contributed by atoms with Crippen molar-refractivity contribution >= 4 is 21.4 Å². The van der Waals surface area contributed by atoms with Crippen LogP contribution in [0.4, 0.5) is 11.4 Å². The molecular weight excluding hydrogens is 286 g/mol. The van der Waals surface area contributed by atoms with Crippen LogP contribution in [0.1, 0.15) is 5.69 Å². The molecule has 0 saturated carbocycles. The van der Waals surface area contributed by atoms with E-state index in [2.05, 4.69) is 14.7 Å². The minimum absolute atomic E-state index is 0.0612. The number of nitrogens with two attached hydrogens (primary N) is 1. The molecule has 0 bridgehead atoms. The number of para-hydroxylation sites is 1. The molecule has 0 amide bonds. The highest BCUT2D eigenvalue weighted by Gasteiger charge is 2.27. The fourth-order valence-electron chi connectivity index (χ4n) is 1.58. The van der Waals surface area contributed by atoms with Crippen LogP contribution in [0.2, 0.25) is 0 Å². The highest BCUT2D eigenvalue weighted by molar-refractivity contribution is 7.89. The molecule has 1 aromatic carbocycles. The van der Waals surface area contributed by atoms with Crippen molar-refractivity contribution in [2.75, 3.05) is 5.73 Å². The van der Waals surface area contributed by atoms with Crippen LogP contribution in [0.15, 0.2) is 35.6 Å². The summed E-state index contributed by atoms with van der Waals surface area (Å²) in [6.07, 6.45) is 2.84. The standard InChI is InChI=1S/C10H11N5O4S/c11-8-2-1-3-9(10(8)15(16)17)20(18,19)14-5-7-4-12-6-13-7/h1-4,6,14H,5,11H2,(H,12,13). The summed E-state index contributed by atoms with van der Waals surface area (Å²) in [6.45, 7) is -0.0612. The topological polar surface area (TPSA) is 144 Å². The van der Waals surface area contributed by atoms with E-state index in [9.17, 15) is 18.5 Å². The number of H-pyrrole nitrogens is 1. The Hall–Kier alpha value is -2.46. The maximum absolute atomic E-state index is 12.1. The number of aromatic nitrogens is 2. The van der Waals surface area contributed by atoms with Gasteiger partial charge in [-0.1, -0.05) is 6.07 Å². The van der Waals surface area contributed by atoms with Crippen LogP contribution in [0, 0.1) is 10.1 Å². The maximum atomic E-state index is 12.1. The molecule has 0 saturated heterocycles. The summed E-state index contributed by atoms with van der Waals surface area (Å²) in [7, 11) is -4.05. The Morgan fingerprint density at radius 2 is 2.20 bits per heavy atom. The minimum Gasteiger partial charge on any atom is -0.393 e. The largest absolute Gasteiger partial charge is 0.393 e. The quantitative estimate of drug-likeness (QED) is 0.413. The van der Waals surface area contributed by atoms with Crippen molar-refractivity contribution in [3.63, 3.8) is 0 Å². The van der Waals surface area contributed by atoms with Gasteiger partial charge in [0.05, 0.1) is 17.8 Å². The first-order chi connectivity index (χ1) is 9.42. The number of anilines is 1. The van der Waals surface area contributed by atoms with Gasteiger partial charge in [-0.25, -0.2) is 18.1 Å². The minimum atomic E-state index is -4.05. The average Bonchev–Trinajstić information content (AvgIpc) is 2.89. The summed E-state index contributed by atoms with van der Waals surface area (Å²) < 4.78 is 26.4. The lowest BCUT2D eigenvalue weighted by Crippen LogP contribution is -2.24. The third-order valence-electron chi connectivity index (χ3n) is 2.51. The molecule has 0 atom stereocenters. The van der Waals surface area contributed by atoms with Crippen molar-refractivity contribution in [2.45, 2.75) is 11.4 Å². The van der Waals surface area contributed by atoms with Crippen molar-refractivity contribution in [3.8, 4) is 0 Å². The van der Waals surface area contributed by atoms with Crippen molar-refractivity contribution in [2.24, 2.45) is 0 Å². The number of rotatable bonds is 5. The van der Waals surface area contributed by atoms with E-state index in [-0.39, 0.29) is 12.2 Å². The zero-order valence-electron chi connectivity index (χ0n) is 10.1. The van der Waals surface area contributed by atoms with E-state index >= 15 is 0 Å². The molecule has 0 unspecified atom stereocenters. The Labute approximate surface area is 114 Å². The van der Waals surface area contributed by atoms with Gasteiger partial charge >= 0.3 is 5.69 Å². The predicted octanol–water partition coefficient (Wildman–Crippen LogP) is 0.379. The second-order valence-corrected chi connectivity index (χ2v) is 5.59. The molecule has 1 aromatic heterocycles. The molecule has 106 valence electrons. The lowest BCUT2D eigenvalue weighted by Gasteiger charge is -2.07. The molecule has 0 spiro atoms. The van der Waals surface area contributed by atoms with Gasteiger partial charge in [-0.05, 0) is 12.1 Å². The second-order valence-electron chi connectivity index (χ2n) is 3.85. The average molecular weight is 297 g/mol. The van der Waals surface area contributed by atoms with Crippen LogP contribution in [-0.4, -0.2) is 23.3 Å². The fourth-order valence-corrected chi connectivity index (χ4v) is 2.79. The van der Waals surface area contributed by atoms with E-state index in [1.54, 1.807) is 0 Å². The summed E-state index contributed by atoms with van der Waals surface area (Å²) in [6, 6.07) is 3.74. The number of imidazole rings is 1. The van der Waals surface area contributed by atoms with Crippen molar-refractivity contribution in [1.82, 2.24) is 14.7 Å². The van der Waals surface area contributed by atoms with Crippen molar-refractivity contribution < 1.29 is 13.3 Å². The van der Waals surface area contributed by atoms with Crippen LogP contribution in [0.5, 0.6) is 0 Å². The zero-order chi connectivity index (χ0) is 14.8. The van der Waals surface area contributed by atoms with Gasteiger partial charge in [0.15, 0.2) is 4.90 Å². The highest BCUT2D eigenvalue weighted by atomic mass is 32.2. The van der Waals surface area contributed by atoms with E-state index in [1.807, 2.05) is 0 Å². The van der Waals surface area contributed by atoms with Gasteiger partial charge in [0, 0.05) is 11.9 Å². The maximum Gasteiger partial charge on any atom is 0.312 e. The third-order valence-corrected chi connectivity index (χ3v) is 3.94. The molecule has 0 aliphatic heterocycles. The van der Waals surface area contributed by atoms with E-state index in [0.29, 0.717) is 5.69 Å². The summed E-state index contributed by atoms with van der Waals surface area (Å²) >= 11 is 0.